The Hall–Kier alpha value is -0.0700. The first-order valence-electron chi connectivity index (χ1n) is 6.95. The maximum absolute atomic E-state index is 12.2. The van der Waals surface area contributed by atoms with Gasteiger partial charge in [-0.25, -0.2) is 0 Å². The Bertz CT molecular complexity index is 299. The normalized spacial score (nSPS) is 25.0. The molecule has 0 aromatic heterocycles. The van der Waals surface area contributed by atoms with Gasteiger partial charge in [-0.05, 0) is 12.3 Å². The lowest BCUT2D eigenvalue weighted by Gasteiger charge is -2.32. The molecule has 2 aliphatic rings. The summed E-state index contributed by atoms with van der Waals surface area (Å²) in [6, 6.07) is 0.144. The highest BCUT2D eigenvalue weighted by Crippen LogP contribution is 2.18. The van der Waals surface area contributed by atoms with Gasteiger partial charge in [-0.1, -0.05) is 13.8 Å². The molecule has 2 rings (SSSR count). The van der Waals surface area contributed by atoms with Gasteiger partial charge in [0.25, 0.3) is 0 Å². The van der Waals surface area contributed by atoms with Gasteiger partial charge in [0.1, 0.15) is 0 Å². The van der Waals surface area contributed by atoms with E-state index in [1.165, 1.54) is 0 Å². The van der Waals surface area contributed by atoms with Gasteiger partial charge in [0.05, 0.1) is 19.3 Å². The number of hydrogen-bond acceptors (Lipinski definition) is 4. The maximum atomic E-state index is 12.2. The first kappa shape index (κ1) is 19.9. The molecule has 120 valence electrons. The minimum absolute atomic E-state index is 0. The highest BCUT2D eigenvalue weighted by Gasteiger charge is 2.33. The van der Waals surface area contributed by atoms with E-state index in [2.05, 4.69) is 4.90 Å². The van der Waals surface area contributed by atoms with Crippen LogP contribution >= 0.6 is 24.8 Å². The SMILES string of the molecule is CC(C)[C@@H](N)C(=O)N1CCC(N2CCOCC2)C1.Cl.Cl. The van der Waals surface area contributed by atoms with Gasteiger partial charge in [0.2, 0.25) is 5.91 Å². The zero-order chi connectivity index (χ0) is 13.1. The Morgan fingerprint density at radius 1 is 1.20 bits per heavy atom. The third kappa shape index (κ3) is 4.74. The summed E-state index contributed by atoms with van der Waals surface area (Å²) in [6.07, 6.45) is 1.07. The summed E-state index contributed by atoms with van der Waals surface area (Å²) < 4.78 is 5.36. The monoisotopic (exact) mass is 327 g/mol. The number of halogens is 2. The molecular formula is C13H27Cl2N3O2. The number of rotatable bonds is 3. The Morgan fingerprint density at radius 3 is 2.35 bits per heavy atom. The maximum Gasteiger partial charge on any atom is 0.239 e. The van der Waals surface area contributed by atoms with Gasteiger partial charge in [-0.2, -0.15) is 0 Å². The highest BCUT2D eigenvalue weighted by molar-refractivity contribution is 5.85. The number of carbonyl (C=O) groups is 1. The van der Waals surface area contributed by atoms with Gasteiger partial charge >= 0.3 is 0 Å². The number of morpholine rings is 1. The third-order valence-corrected chi connectivity index (χ3v) is 4.04. The topological polar surface area (TPSA) is 58.8 Å². The lowest BCUT2D eigenvalue weighted by molar-refractivity contribution is -0.132. The van der Waals surface area contributed by atoms with E-state index >= 15 is 0 Å². The Labute approximate surface area is 134 Å². The summed E-state index contributed by atoms with van der Waals surface area (Å²) in [6.45, 7) is 9.29. The standard InChI is InChI=1S/C13H25N3O2.2ClH/c1-10(2)12(14)13(17)16-4-3-11(9-16)15-5-7-18-8-6-15;;/h10-12H,3-9,14H2,1-2H3;2*1H/t11?,12-;;/m1../s1. The van der Waals surface area contributed by atoms with E-state index in [-0.39, 0.29) is 42.7 Å². The summed E-state index contributed by atoms with van der Waals surface area (Å²) in [4.78, 5) is 16.6. The number of ether oxygens (including phenoxy) is 1. The van der Waals surface area contributed by atoms with Crippen molar-refractivity contribution in [3.05, 3.63) is 0 Å². The fourth-order valence-corrected chi connectivity index (χ4v) is 2.68. The molecule has 2 heterocycles. The summed E-state index contributed by atoms with van der Waals surface area (Å²) in [5.41, 5.74) is 5.94. The van der Waals surface area contributed by atoms with E-state index in [0.717, 1.165) is 45.8 Å². The molecule has 1 amide bonds. The van der Waals surface area contributed by atoms with Crippen molar-refractivity contribution in [3.8, 4) is 0 Å². The van der Waals surface area contributed by atoms with E-state index in [4.69, 9.17) is 10.5 Å². The largest absolute Gasteiger partial charge is 0.379 e. The molecule has 2 fully saturated rings. The van der Waals surface area contributed by atoms with Crippen molar-refractivity contribution in [2.24, 2.45) is 11.7 Å². The van der Waals surface area contributed by atoms with Gasteiger partial charge in [0.15, 0.2) is 0 Å². The number of hydrogen-bond donors (Lipinski definition) is 1. The molecule has 2 saturated heterocycles. The van der Waals surface area contributed by atoms with Crippen molar-refractivity contribution in [1.82, 2.24) is 9.80 Å². The van der Waals surface area contributed by atoms with Crippen LogP contribution in [0.5, 0.6) is 0 Å². The third-order valence-electron chi connectivity index (χ3n) is 4.04. The molecule has 0 bridgehead atoms. The molecule has 20 heavy (non-hydrogen) atoms. The van der Waals surface area contributed by atoms with Crippen LogP contribution in [-0.2, 0) is 9.53 Å². The van der Waals surface area contributed by atoms with Crippen LogP contribution in [-0.4, -0.2) is 67.2 Å². The smallest absolute Gasteiger partial charge is 0.239 e. The van der Waals surface area contributed by atoms with Crippen LogP contribution in [0, 0.1) is 5.92 Å². The molecule has 0 aliphatic carbocycles. The number of amides is 1. The van der Waals surface area contributed by atoms with Crippen LogP contribution in [0.3, 0.4) is 0 Å². The molecule has 5 nitrogen and oxygen atoms in total. The average Bonchev–Trinajstić information content (AvgIpc) is 2.87. The molecule has 0 aromatic rings. The lowest BCUT2D eigenvalue weighted by atomic mass is 10.0. The first-order chi connectivity index (χ1) is 8.59. The molecule has 0 aromatic carbocycles. The first-order valence-corrected chi connectivity index (χ1v) is 6.95. The quantitative estimate of drug-likeness (QED) is 0.830. The van der Waals surface area contributed by atoms with Crippen LogP contribution in [0.25, 0.3) is 0 Å². The van der Waals surface area contributed by atoms with Crippen LogP contribution in [0.2, 0.25) is 0 Å². The fraction of sp³-hybridized carbons (Fsp3) is 0.923. The van der Waals surface area contributed by atoms with Crippen molar-refractivity contribution in [3.63, 3.8) is 0 Å². The molecule has 2 aliphatic heterocycles. The van der Waals surface area contributed by atoms with Crippen molar-refractivity contribution < 1.29 is 9.53 Å². The molecule has 1 unspecified atom stereocenters. The van der Waals surface area contributed by atoms with Crippen molar-refractivity contribution in [2.45, 2.75) is 32.4 Å². The minimum Gasteiger partial charge on any atom is -0.379 e. The van der Waals surface area contributed by atoms with Crippen LogP contribution in [0.15, 0.2) is 0 Å². The summed E-state index contributed by atoms with van der Waals surface area (Å²) in [5.74, 6) is 0.320. The predicted molar refractivity (Wildman–Crippen MR) is 84.7 cm³/mol. The van der Waals surface area contributed by atoms with Crippen LogP contribution < -0.4 is 5.73 Å². The van der Waals surface area contributed by atoms with Gasteiger partial charge in [-0.3, -0.25) is 9.69 Å². The molecule has 2 atom stereocenters. The molecule has 0 radical (unpaired) electrons. The van der Waals surface area contributed by atoms with Gasteiger partial charge in [-0.15, -0.1) is 24.8 Å². The van der Waals surface area contributed by atoms with E-state index in [1.54, 1.807) is 0 Å². The molecule has 0 saturated carbocycles. The summed E-state index contributed by atoms with van der Waals surface area (Å²) in [5, 5.41) is 0. The minimum atomic E-state index is -0.353. The summed E-state index contributed by atoms with van der Waals surface area (Å²) in [7, 11) is 0. The van der Waals surface area contributed by atoms with E-state index in [1.807, 2.05) is 18.7 Å². The van der Waals surface area contributed by atoms with Crippen molar-refractivity contribution in [2.75, 3.05) is 39.4 Å². The number of nitrogens with zero attached hydrogens (tertiary/aromatic N) is 2. The molecule has 2 N–H and O–H groups in total. The zero-order valence-electron chi connectivity index (χ0n) is 12.3. The second-order valence-electron chi connectivity index (χ2n) is 5.64. The van der Waals surface area contributed by atoms with E-state index in [9.17, 15) is 4.79 Å². The Balaban J connectivity index is 0.00000180. The van der Waals surface area contributed by atoms with Crippen LogP contribution in [0.4, 0.5) is 0 Å². The number of carbonyl (C=O) groups excluding carboxylic acids is 1. The number of likely N-dealkylation sites (tertiary alicyclic amines) is 1. The molecular weight excluding hydrogens is 301 g/mol. The van der Waals surface area contributed by atoms with Crippen molar-refractivity contribution >= 4 is 30.7 Å². The van der Waals surface area contributed by atoms with E-state index in [0.29, 0.717) is 6.04 Å². The van der Waals surface area contributed by atoms with Crippen LogP contribution in [0.1, 0.15) is 20.3 Å². The average molecular weight is 328 g/mol. The molecule has 0 spiro atoms. The number of nitrogens with two attached hydrogens (primary N) is 1. The fourth-order valence-electron chi connectivity index (χ4n) is 2.68. The zero-order valence-corrected chi connectivity index (χ0v) is 13.9. The summed E-state index contributed by atoms with van der Waals surface area (Å²) >= 11 is 0. The van der Waals surface area contributed by atoms with Gasteiger partial charge in [0, 0.05) is 32.2 Å². The lowest BCUT2D eigenvalue weighted by Crippen LogP contribution is -2.48. The second kappa shape index (κ2) is 9.05. The highest BCUT2D eigenvalue weighted by atomic mass is 35.5. The molecule has 7 heteroatoms. The Kier molecular flexibility index (Phi) is 9.02. The van der Waals surface area contributed by atoms with Gasteiger partial charge < -0.3 is 15.4 Å². The Morgan fingerprint density at radius 2 is 1.80 bits per heavy atom. The van der Waals surface area contributed by atoms with E-state index < -0.39 is 0 Å². The predicted octanol–water partition coefficient (Wildman–Crippen LogP) is 0.746. The van der Waals surface area contributed by atoms with Crippen molar-refractivity contribution in [1.29, 1.82) is 0 Å². The second-order valence-corrected chi connectivity index (χ2v) is 5.64.